The summed E-state index contributed by atoms with van der Waals surface area (Å²) in [5.41, 5.74) is 1.09. The molecule has 1 aromatic carbocycles. The van der Waals surface area contributed by atoms with Gasteiger partial charge in [0.05, 0.1) is 19.8 Å². The van der Waals surface area contributed by atoms with Gasteiger partial charge in [0.15, 0.2) is 0 Å². The molecule has 5 nitrogen and oxygen atoms in total. The highest BCUT2D eigenvalue weighted by Gasteiger charge is 2.27. The van der Waals surface area contributed by atoms with Gasteiger partial charge in [-0.1, -0.05) is 25.1 Å². The summed E-state index contributed by atoms with van der Waals surface area (Å²) in [4.78, 5) is 12.2. The number of hydrogen-bond acceptors (Lipinski definition) is 4. The van der Waals surface area contributed by atoms with Crippen molar-refractivity contribution in [1.29, 1.82) is 5.26 Å². The molecule has 1 aliphatic rings. The van der Waals surface area contributed by atoms with E-state index in [9.17, 15) is 10.1 Å². The van der Waals surface area contributed by atoms with Crippen molar-refractivity contribution in [3.05, 3.63) is 29.8 Å². The fraction of sp³-hybridized carbons (Fsp3) is 0.556. The zero-order valence-electron chi connectivity index (χ0n) is 13.7. The van der Waals surface area contributed by atoms with Gasteiger partial charge >= 0.3 is 0 Å². The first-order valence-electron chi connectivity index (χ1n) is 8.02. The number of carbonyl (C=O) groups excluding carboxylic acids is 1. The summed E-state index contributed by atoms with van der Waals surface area (Å²) >= 11 is 0. The molecule has 1 aromatic rings. The molecule has 0 bridgehead atoms. The Balaban J connectivity index is 1.85. The highest BCUT2D eigenvalue weighted by molar-refractivity contribution is 5.76. The van der Waals surface area contributed by atoms with E-state index in [1.54, 1.807) is 7.11 Å². The van der Waals surface area contributed by atoms with Gasteiger partial charge in [0.25, 0.3) is 0 Å². The van der Waals surface area contributed by atoms with Gasteiger partial charge in [-0.2, -0.15) is 5.26 Å². The Labute approximate surface area is 137 Å². The monoisotopic (exact) mass is 316 g/mol. The minimum Gasteiger partial charge on any atom is -0.496 e. The van der Waals surface area contributed by atoms with Gasteiger partial charge in [0, 0.05) is 18.9 Å². The standard InChI is InChI=1S/C18H24N2O3/c1-13(9-14-5-3-4-6-17(14)22-2)10-18(21)20-16(11-19)15-7-8-23-12-15/h3-6,13,15-16H,7-10,12H2,1-2H3,(H,20,21)/t13-,15-,16-/m0/s1. The van der Waals surface area contributed by atoms with Crippen LogP contribution in [0.25, 0.3) is 0 Å². The number of nitriles is 1. The summed E-state index contributed by atoms with van der Waals surface area (Å²) in [6, 6.07) is 9.57. The lowest BCUT2D eigenvalue weighted by Gasteiger charge is -2.19. The Morgan fingerprint density at radius 1 is 1.52 bits per heavy atom. The van der Waals surface area contributed by atoms with E-state index in [0.717, 1.165) is 24.2 Å². The molecule has 0 aromatic heterocycles. The third-order valence-electron chi connectivity index (χ3n) is 4.19. The molecule has 124 valence electrons. The lowest BCUT2D eigenvalue weighted by molar-refractivity contribution is -0.122. The van der Waals surface area contributed by atoms with E-state index in [0.29, 0.717) is 19.6 Å². The molecular formula is C18H24N2O3. The molecule has 3 atom stereocenters. The first kappa shape index (κ1) is 17.3. The first-order valence-corrected chi connectivity index (χ1v) is 8.02. The Hall–Kier alpha value is -2.06. The number of amides is 1. The normalized spacial score (nSPS) is 19.6. The van der Waals surface area contributed by atoms with Gasteiger partial charge < -0.3 is 14.8 Å². The summed E-state index contributed by atoms with van der Waals surface area (Å²) in [5, 5.41) is 12.1. The van der Waals surface area contributed by atoms with Crippen molar-refractivity contribution in [2.24, 2.45) is 11.8 Å². The SMILES string of the molecule is COc1ccccc1C[C@H](C)CC(=O)N[C@@H](C#N)[C@H]1CCOC1. The minimum atomic E-state index is -0.455. The molecule has 5 heteroatoms. The molecule has 0 radical (unpaired) electrons. The van der Waals surface area contributed by atoms with Crippen LogP contribution >= 0.6 is 0 Å². The molecule has 1 saturated heterocycles. The van der Waals surface area contributed by atoms with Crippen LogP contribution in [0.15, 0.2) is 24.3 Å². The van der Waals surface area contributed by atoms with E-state index in [1.807, 2.05) is 31.2 Å². The average molecular weight is 316 g/mol. The molecule has 23 heavy (non-hydrogen) atoms. The fourth-order valence-corrected chi connectivity index (χ4v) is 2.94. The molecule has 1 aliphatic heterocycles. The highest BCUT2D eigenvalue weighted by atomic mass is 16.5. The molecule has 0 unspecified atom stereocenters. The molecule has 1 fully saturated rings. The highest BCUT2D eigenvalue weighted by Crippen LogP contribution is 2.22. The number of nitrogens with zero attached hydrogens (tertiary/aromatic N) is 1. The van der Waals surface area contributed by atoms with Crippen molar-refractivity contribution < 1.29 is 14.3 Å². The Bertz CT molecular complexity index is 562. The molecule has 1 amide bonds. The molecule has 0 spiro atoms. The Kier molecular flexibility index (Phi) is 6.42. The number of methoxy groups -OCH3 is 1. The van der Waals surface area contributed by atoms with Crippen molar-refractivity contribution in [1.82, 2.24) is 5.32 Å². The van der Waals surface area contributed by atoms with E-state index in [1.165, 1.54) is 0 Å². The van der Waals surface area contributed by atoms with Crippen LogP contribution in [-0.2, 0) is 16.0 Å². The summed E-state index contributed by atoms with van der Waals surface area (Å²) in [5.74, 6) is 1.04. The molecule has 0 aliphatic carbocycles. The van der Waals surface area contributed by atoms with Gasteiger partial charge in [-0.05, 0) is 30.4 Å². The van der Waals surface area contributed by atoms with Crippen LogP contribution in [0.5, 0.6) is 5.75 Å². The predicted molar refractivity (Wildman–Crippen MR) is 86.9 cm³/mol. The van der Waals surface area contributed by atoms with E-state index in [2.05, 4.69) is 11.4 Å². The van der Waals surface area contributed by atoms with Crippen molar-refractivity contribution in [3.63, 3.8) is 0 Å². The average Bonchev–Trinajstić information content (AvgIpc) is 3.07. The zero-order chi connectivity index (χ0) is 16.7. The summed E-state index contributed by atoms with van der Waals surface area (Å²) < 4.78 is 10.6. The second-order valence-corrected chi connectivity index (χ2v) is 6.12. The Morgan fingerprint density at radius 2 is 2.30 bits per heavy atom. The number of ether oxygens (including phenoxy) is 2. The lowest BCUT2D eigenvalue weighted by atomic mass is 9.96. The number of carbonyl (C=O) groups is 1. The molecule has 1 heterocycles. The van der Waals surface area contributed by atoms with E-state index < -0.39 is 6.04 Å². The van der Waals surface area contributed by atoms with Crippen molar-refractivity contribution in [2.75, 3.05) is 20.3 Å². The van der Waals surface area contributed by atoms with E-state index in [4.69, 9.17) is 9.47 Å². The van der Waals surface area contributed by atoms with Crippen LogP contribution in [0.4, 0.5) is 0 Å². The number of benzene rings is 1. The second kappa shape index (κ2) is 8.54. The van der Waals surface area contributed by atoms with Crippen molar-refractivity contribution in [2.45, 2.75) is 32.2 Å². The third kappa shape index (κ3) is 4.97. The first-order chi connectivity index (χ1) is 11.1. The van der Waals surface area contributed by atoms with Gasteiger partial charge in [0.1, 0.15) is 11.8 Å². The number of hydrogen-bond donors (Lipinski definition) is 1. The maximum absolute atomic E-state index is 12.2. The van der Waals surface area contributed by atoms with Crippen LogP contribution in [0, 0.1) is 23.2 Å². The summed E-state index contributed by atoms with van der Waals surface area (Å²) in [7, 11) is 1.65. The van der Waals surface area contributed by atoms with Gasteiger partial charge in [-0.25, -0.2) is 0 Å². The third-order valence-corrected chi connectivity index (χ3v) is 4.19. The summed E-state index contributed by atoms with van der Waals surface area (Å²) in [6.45, 7) is 3.25. The van der Waals surface area contributed by atoms with Gasteiger partial charge in [-0.3, -0.25) is 4.79 Å². The molecule has 2 rings (SSSR count). The van der Waals surface area contributed by atoms with Crippen LogP contribution in [0.3, 0.4) is 0 Å². The van der Waals surface area contributed by atoms with E-state index >= 15 is 0 Å². The fourth-order valence-electron chi connectivity index (χ4n) is 2.94. The van der Waals surface area contributed by atoms with Gasteiger partial charge in [-0.15, -0.1) is 0 Å². The topological polar surface area (TPSA) is 71.3 Å². The van der Waals surface area contributed by atoms with Crippen molar-refractivity contribution >= 4 is 5.91 Å². The predicted octanol–water partition coefficient (Wildman–Crippen LogP) is 2.31. The molecule has 0 saturated carbocycles. The minimum absolute atomic E-state index is 0.0779. The maximum Gasteiger partial charge on any atom is 0.221 e. The zero-order valence-corrected chi connectivity index (χ0v) is 13.7. The number of nitrogens with one attached hydrogen (secondary N) is 1. The van der Waals surface area contributed by atoms with Gasteiger partial charge in [0.2, 0.25) is 5.91 Å². The second-order valence-electron chi connectivity index (χ2n) is 6.12. The largest absolute Gasteiger partial charge is 0.496 e. The Morgan fingerprint density at radius 3 is 2.96 bits per heavy atom. The lowest BCUT2D eigenvalue weighted by Crippen LogP contribution is -2.40. The van der Waals surface area contributed by atoms with Crippen LogP contribution in [0.1, 0.15) is 25.3 Å². The number of para-hydroxylation sites is 1. The molecule has 1 N–H and O–H groups in total. The van der Waals surface area contributed by atoms with Crippen molar-refractivity contribution in [3.8, 4) is 11.8 Å². The van der Waals surface area contributed by atoms with Crippen LogP contribution < -0.4 is 10.1 Å². The quantitative estimate of drug-likeness (QED) is 0.838. The summed E-state index contributed by atoms with van der Waals surface area (Å²) in [6.07, 6.45) is 1.99. The number of rotatable bonds is 7. The van der Waals surface area contributed by atoms with Crippen LogP contribution in [0.2, 0.25) is 0 Å². The molecular weight excluding hydrogens is 292 g/mol. The van der Waals surface area contributed by atoms with E-state index in [-0.39, 0.29) is 17.7 Å². The smallest absolute Gasteiger partial charge is 0.221 e. The maximum atomic E-state index is 12.2. The van der Waals surface area contributed by atoms with Crippen LogP contribution in [-0.4, -0.2) is 32.3 Å².